The van der Waals surface area contributed by atoms with Crippen molar-refractivity contribution in [3.63, 3.8) is 0 Å². The Morgan fingerprint density at radius 3 is 1.67 bits per heavy atom. The van der Waals surface area contributed by atoms with Crippen molar-refractivity contribution < 1.29 is 28.3 Å². The van der Waals surface area contributed by atoms with E-state index >= 15 is 0 Å². The van der Waals surface area contributed by atoms with Crippen molar-refractivity contribution in [3.05, 3.63) is 0 Å². The molecule has 0 fully saturated rings. The lowest BCUT2D eigenvalue weighted by atomic mass is 10.6. The summed E-state index contributed by atoms with van der Waals surface area (Å²) in [4.78, 5) is 1.29. The molecule has 0 aromatic rings. The molecule has 0 saturated carbocycles. The van der Waals surface area contributed by atoms with Crippen LogP contribution in [0.2, 0.25) is 0 Å². The quantitative estimate of drug-likeness (QED) is 0.331. The van der Waals surface area contributed by atoms with Gasteiger partial charge in [-0.15, -0.1) is 0 Å². The summed E-state index contributed by atoms with van der Waals surface area (Å²) in [5.41, 5.74) is 0. The molecule has 0 aliphatic rings. The van der Waals surface area contributed by atoms with Crippen LogP contribution >= 0.6 is 0 Å². The highest BCUT2D eigenvalue weighted by Crippen LogP contribution is 1.83. The first kappa shape index (κ1) is 17.2. The van der Waals surface area contributed by atoms with E-state index in [2.05, 4.69) is 0 Å². The first-order valence-corrected chi connectivity index (χ1v) is 6.02. The Morgan fingerprint density at radius 1 is 1.13 bits per heavy atom. The molecule has 94 valence electrons. The summed E-state index contributed by atoms with van der Waals surface area (Å²) in [5, 5.41) is 24.9. The van der Waals surface area contributed by atoms with Gasteiger partial charge in [0.1, 0.15) is 0 Å². The number of hydrogen-bond donors (Lipinski definition) is 4. The summed E-state index contributed by atoms with van der Waals surface area (Å²) >= 11 is 0. The minimum atomic E-state index is -3.67. The van der Waals surface area contributed by atoms with Crippen molar-refractivity contribution in [2.75, 3.05) is 32.4 Å². The number of aliphatic hydroxyl groups is 3. The summed E-state index contributed by atoms with van der Waals surface area (Å²) in [6, 6.07) is 0. The van der Waals surface area contributed by atoms with Crippen LogP contribution in [0.4, 0.5) is 0 Å². The lowest BCUT2D eigenvalue weighted by Gasteiger charge is -2.12. The van der Waals surface area contributed by atoms with Crippen molar-refractivity contribution in [2.45, 2.75) is 13.3 Å². The van der Waals surface area contributed by atoms with E-state index in [-0.39, 0.29) is 25.8 Å². The van der Waals surface area contributed by atoms with E-state index in [1.54, 1.807) is 6.92 Å². The van der Waals surface area contributed by atoms with E-state index in [9.17, 15) is 8.42 Å². The Hall–Kier alpha value is -0.250. The molecule has 0 heterocycles. The van der Waals surface area contributed by atoms with Gasteiger partial charge in [0.05, 0.1) is 25.8 Å². The van der Waals surface area contributed by atoms with Crippen LogP contribution in [-0.4, -0.2) is 65.6 Å². The molecule has 0 radical (unpaired) electrons. The Bertz CT molecular complexity index is 214. The van der Waals surface area contributed by atoms with Crippen molar-refractivity contribution in [1.82, 2.24) is 4.90 Å². The minimum Gasteiger partial charge on any atom is -0.395 e. The maximum Gasteiger partial charge on any atom is 0.264 e. The van der Waals surface area contributed by atoms with Gasteiger partial charge in [0.25, 0.3) is 10.1 Å². The van der Waals surface area contributed by atoms with Gasteiger partial charge >= 0.3 is 0 Å². The fraction of sp³-hybridized carbons (Fsp3) is 1.00. The maximum atomic E-state index is 9.79. The second-order valence-electron chi connectivity index (χ2n) is 2.69. The van der Waals surface area contributed by atoms with Gasteiger partial charge in [-0.3, -0.25) is 9.45 Å². The summed E-state index contributed by atoms with van der Waals surface area (Å²) in [6.45, 7) is 1.54. The standard InChI is InChI=1S/C4H11NO3.C3H8O3S/c6-2-1-5(3-7)4-8;1-2-3-7(4,5)6/h6-8H,1-4H2;2-3H2,1H3,(H,4,5,6). The third-order valence-electron chi connectivity index (χ3n) is 1.28. The highest BCUT2D eigenvalue weighted by Gasteiger charge is 1.98. The van der Waals surface area contributed by atoms with Gasteiger partial charge in [0.15, 0.2) is 0 Å². The molecule has 0 atom stereocenters. The Morgan fingerprint density at radius 2 is 1.60 bits per heavy atom. The van der Waals surface area contributed by atoms with E-state index in [0.717, 1.165) is 0 Å². The third-order valence-corrected chi connectivity index (χ3v) is 2.20. The average Bonchev–Trinajstić information content (AvgIpc) is 2.13. The minimum absolute atomic E-state index is 0.0406. The van der Waals surface area contributed by atoms with Gasteiger partial charge in [-0.05, 0) is 6.42 Å². The van der Waals surface area contributed by atoms with Gasteiger partial charge < -0.3 is 15.3 Å². The smallest absolute Gasteiger partial charge is 0.264 e. The molecule has 4 N–H and O–H groups in total. The second-order valence-corrected chi connectivity index (χ2v) is 4.26. The van der Waals surface area contributed by atoms with E-state index < -0.39 is 10.1 Å². The molecule has 0 amide bonds. The number of aliphatic hydroxyl groups excluding tert-OH is 3. The SMILES string of the molecule is CCCS(=O)(=O)O.OCCN(CO)CO. The van der Waals surface area contributed by atoms with Crippen LogP contribution in [0.3, 0.4) is 0 Å². The van der Waals surface area contributed by atoms with E-state index in [1.165, 1.54) is 4.90 Å². The maximum absolute atomic E-state index is 9.79. The molecule has 0 aliphatic carbocycles. The number of rotatable bonds is 6. The fourth-order valence-electron chi connectivity index (χ4n) is 0.586. The molecular formula is C7H19NO6S. The van der Waals surface area contributed by atoms with Crippen LogP contribution < -0.4 is 0 Å². The van der Waals surface area contributed by atoms with Crippen LogP contribution in [-0.2, 0) is 10.1 Å². The normalized spacial score (nSPS) is 11.1. The zero-order chi connectivity index (χ0) is 12.3. The molecule has 0 spiro atoms. The average molecular weight is 245 g/mol. The lowest BCUT2D eigenvalue weighted by molar-refractivity contribution is 0.0184. The molecule has 0 aliphatic heterocycles. The van der Waals surface area contributed by atoms with Gasteiger partial charge in [0, 0.05) is 6.54 Å². The van der Waals surface area contributed by atoms with E-state index in [1.807, 2.05) is 0 Å². The highest BCUT2D eigenvalue weighted by atomic mass is 32.2. The van der Waals surface area contributed by atoms with Crippen LogP contribution in [0.15, 0.2) is 0 Å². The molecule has 7 nitrogen and oxygen atoms in total. The molecule has 0 saturated heterocycles. The van der Waals surface area contributed by atoms with Gasteiger partial charge in [-0.1, -0.05) is 6.92 Å². The van der Waals surface area contributed by atoms with Crippen molar-refractivity contribution in [3.8, 4) is 0 Å². The van der Waals surface area contributed by atoms with Crippen molar-refractivity contribution >= 4 is 10.1 Å². The molecular weight excluding hydrogens is 226 g/mol. The molecule has 0 aromatic heterocycles. The largest absolute Gasteiger partial charge is 0.395 e. The Kier molecular flexibility index (Phi) is 11.7. The Balaban J connectivity index is 0. The fourth-order valence-corrected chi connectivity index (χ4v) is 1.10. The van der Waals surface area contributed by atoms with Crippen LogP contribution in [0.25, 0.3) is 0 Å². The third kappa shape index (κ3) is 16.4. The topological polar surface area (TPSA) is 118 Å². The zero-order valence-electron chi connectivity index (χ0n) is 8.70. The lowest BCUT2D eigenvalue weighted by Crippen LogP contribution is -2.28. The molecule has 15 heavy (non-hydrogen) atoms. The number of nitrogens with zero attached hydrogens (tertiary/aromatic N) is 1. The summed E-state index contributed by atoms with van der Waals surface area (Å²) < 4.78 is 27.6. The summed E-state index contributed by atoms with van der Waals surface area (Å²) in [7, 11) is -3.67. The first-order chi connectivity index (χ1) is 6.91. The van der Waals surface area contributed by atoms with Gasteiger partial charge in [-0.25, -0.2) is 0 Å². The zero-order valence-corrected chi connectivity index (χ0v) is 9.52. The molecule has 8 heteroatoms. The first-order valence-electron chi connectivity index (χ1n) is 4.41. The summed E-state index contributed by atoms with van der Waals surface area (Å²) in [6.07, 6.45) is 0.471. The van der Waals surface area contributed by atoms with Gasteiger partial charge in [0.2, 0.25) is 0 Å². The molecule has 0 aromatic carbocycles. The predicted molar refractivity (Wildman–Crippen MR) is 54.7 cm³/mol. The molecule has 0 bridgehead atoms. The van der Waals surface area contributed by atoms with Crippen LogP contribution in [0, 0.1) is 0 Å². The second kappa shape index (κ2) is 10.3. The van der Waals surface area contributed by atoms with Crippen molar-refractivity contribution in [2.24, 2.45) is 0 Å². The predicted octanol–water partition coefficient (Wildman–Crippen LogP) is -1.54. The van der Waals surface area contributed by atoms with E-state index in [0.29, 0.717) is 13.0 Å². The van der Waals surface area contributed by atoms with E-state index in [4.69, 9.17) is 19.9 Å². The highest BCUT2D eigenvalue weighted by molar-refractivity contribution is 7.85. The molecule has 0 unspecified atom stereocenters. The monoisotopic (exact) mass is 245 g/mol. The van der Waals surface area contributed by atoms with Crippen LogP contribution in [0.1, 0.15) is 13.3 Å². The van der Waals surface area contributed by atoms with Crippen LogP contribution in [0.5, 0.6) is 0 Å². The van der Waals surface area contributed by atoms with Gasteiger partial charge in [-0.2, -0.15) is 8.42 Å². The Labute approximate surface area is 89.7 Å². The molecule has 0 rings (SSSR count). The number of hydrogen-bond acceptors (Lipinski definition) is 6. The van der Waals surface area contributed by atoms with Crippen molar-refractivity contribution in [1.29, 1.82) is 0 Å². The summed E-state index contributed by atoms with van der Waals surface area (Å²) in [5.74, 6) is -0.132.